The average molecular weight is 662 g/mol. The summed E-state index contributed by atoms with van der Waals surface area (Å²) < 4.78 is 27.7. The van der Waals surface area contributed by atoms with Crippen molar-refractivity contribution in [2.45, 2.75) is 59.2 Å². The van der Waals surface area contributed by atoms with Crippen molar-refractivity contribution >= 4 is 46.9 Å². The fraction of sp³-hybridized carbons (Fsp3) is 0.469. The summed E-state index contributed by atoms with van der Waals surface area (Å²) >= 11 is 6.47. The monoisotopic (exact) mass is 661 g/mol. The molecule has 0 saturated heterocycles. The quantitative estimate of drug-likeness (QED) is 0.144. The van der Waals surface area contributed by atoms with Crippen LogP contribution in [0.1, 0.15) is 64.2 Å². The first-order chi connectivity index (χ1) is 21.7. The van der Waals surface area contributed by atoms with Crippen molar-refractivity contribution in [3.8, 4) is 11.5 Å². The number of imide groups is 1. The summed E-state index contributed by atoms with van der Waals surface area (Å²) in [6.45, 7) is 6.74. The second-order valence-corrected chi connectivity index (χ2v) is 11.8. The van der Waals surface area contributed by atoms with Crippen LogP contribution < -0.4 is 20.2 Å². The van der Waals surface area contributed by atoms with Gasteiger partial charge in [0.25, 0.3) is 5.91 Å². The van der Waals surface area contributed by atoms with Crippen molar-refractivity contribution < 1.29 is 47.7 Å². The largest absolute Gasteiger partial charge is 0.493 e. The SMILES string of the molecule is CCOC(=O)CCC(=O)N(N)C(=O)C[C@H]1O[C@H](c2cccc(OC)c2OC)c2cc(Cl)ccc2N(CC(C)(C)COC(C)=O)C1=O. The Labute approximate surface area is 272 Å². The fourth-order valence-corrected chi connectivity index (χ4v) is 5.14. The Bertz CT molecular complexity index is 1460. The van der Waals surface area contributed by atoms with E-state index in [1.165, 1.54) is 26.0 Å². The van der Waals surface area contributed by atoms with Gasteiger partial charge in [-0.1, -0.05) is 37.6 Å². The molecule has 3 amide bonds. The van der Waals surface area contributed by atoms with Gasteiger partial charge in [0.1, 0.15) is 12.2 Å². The van der Waals surface area contributed by atoms with Gasteiger partial charge in [0, 0.05) is 47.1 Å². The van der Waals surface area contributed by atoms with E-state index in [0.717, 1.165) is 0 Å². The lowest BCUT2D eigenvalue weighted by atomic mass is 9.92. The van der Waals surface area contributed by atoms with E-state index < -0.39 is 53.7 Å². The molecule has 0 spiro atoms. The van der Waals surface area contributed by atoms with Crippen molar-refractivity contribution in [2.24, 2.45) is 11.3 Å². The first-order valence-electron chi connectivity index (χ1n) is 14.6. The Kier molecular flexibility index (Phi) is 12.5. The minimum atomic E-state index is -1.45. The van der Waals surface area contributed by atoms with Gasteiger partial charge in [-0.25, -0.2) is 10.9 Å². The summed E-state index contributed by atoms with van der Waals surface area (Å²) in [5.41, 5.74) is 0.654. The van der Waals surface area contributed by atoms with Crippen LogP contribution in [0.5, 0.6) is 11.5 Å². The molecule has 0 unspecified atom stereocenters. The second kappa shape index (κ2) is 15.9. The number of nitrogens with zero attached hydrogens (tertiary/aromatic N) is 2. The van der Waals surface area contributed by atoms with Gasteiger partial charge in [-0.2, -0.15) is 0 Å². The van der Waals surface area contributed by atoms with Crippen LogP contribution in [0.3, 0.4) is 0 Å². The lowest BCUT2D eigenvalue weighted by molar-refractivity contribution is -0.152. The third kappa shape index (κ3) is 8.95. The van der Waals surface area contributed by atoms with Gasteiger partial charge >= 0.3 is 11.9 Å². The number of rotatable bonds is 13. The van der Waals surface area contributed by atoms with Crippen LogP contribution >= 0.6 is 11.6 Å². The van der Waals surface area contributed by atoms with Crippen molar-refractivity contribution in [1.29, 1.82) is 0 Å². The zero-order valence-corrected chi connectivity index (χ0v) is 27.5. The number of hydrazine groups is 1. The molecule has 0 aromatic heterocycles. The van der Waals surface area contributed by atoms with Crippen LogP contribution in [0.15, 0.2) is 36.4 Å². The summed E-state index contributed by atoms with van der Waals surface area (Å²) in [5.74, 6) is 3.15. The standard InChI is InChI=1S/C32H40ClN3O10/c1-7-44-28(40)14-13-26(38)36(34)27(39)16-25-31(41)35(17-32(3,4)18-45-19(2)37)23-12-11-20(33)15-22(23)29(46-25)21-9-8-10-24(42-5)30(21)43-6/h8-12,15,25,29H,7,13-14,16-18,34H2,1-6H3/t25-,29-/m1/s1. The van der Waals surface area contributed by atoms with E-state index in [4.69, 9.17) is 41.1 Å². The maximum atomic E-state index is 14.3. The summed E-state index contributed by atoms with van der Waals surface area (Å²) in [6.07, 6.45) is -3.72. The first kappa shape index (κ1) is 36.3. The van der Waals surface area contributed by atoms with Gasteiger partial charge in [-0.15, -0.1) is 0 Å². The highest BCUT2D eigenvalue weighted by molar-refractivity contribution is 6.30. The Morgan fingerprint density at radius 1 is 1.02 bits per heavy atom. The molecule has 0 saturated carbocycles. The molecule has 2 atom stereocenters. The zero-order valence-electron chi connectivity index (χ0n) is 26.8. The number of para-hydroxylation sites is 1. The molecule has 0 radical (unpaired) electrons. The van der Waals surface area contributed by atoms with E-state index >= 15 is 0 Å². The number of halogens is 1. The van der Waals surface area contributed by atoms with Gasteiger partial charge < -0.3 is 28.6 Å². The average Bonchev–Trinajstić information content (AvgIpc) is 3.12. The van der Waals surface area contributed by atoms with Crippen molar-refractivity contribution in [1.82, 2.24) is 5.01 Å². The molecule has 0 fully saturated rings. The fourth-order valence-electron chi connectivity index (χ4n) is 4.96. The lowest BCUT2D eigenvalue weighted by Crippen LogP contribution is -2.49. The summed E-state index contributed by atoms with van der Waals surface area (Å²) in [5, 5.41) is 0.733. The van der Waals surface area contributed by atoms with E-state index in [2.05, 4.69) is 0 Å². The third-order valence-corrected chi connectivity index (χ3v) is 7.35. The Hall–Kier alpha value is -4.20. The lowest BCUT2D eigenvalue weighted by Gasteiger charge is -2.33. The summed E-state index contributed by atoms with van der Waals surface area (Å²) in [4.78, 5) is 65.1. The van der Waals surface area contributed by atoms with Crippen LogP contribution in [0.4, 0.5) is 5.69 Å². The predicted octanol–water partition coefficient (Wildman–Crippen LogP) is 3.73. The number of amides is 3. The van der Waals surface area contributed by atoms with Crippen molar-refractivity contribution in [3.05, 3.63) is 52.5 Å². The molecule has 1 aliphatic rings. The number of anilines is 1. The number of hydrogen-bond acceptors (Lipinski definition) is 11. The highest BCUT2D eigenvalue weighted by Gasteiger charge is 2.41. The summed E-state index contributed by atoms with van der Waals surface area (Å²) in [6, 6.07) is 10.1. The molecule has 250 valence electrons. The van der Waals surface area contributed by atoms with Gasteiger partial charge in [0.05, 0.1) is 40.3 Å². The molecule has 0 aliphatic carbocycles. The predicted molar refractivity (Wildman–Crippen MR) is 167 cm³/mol. The number of esters is 2. The smallest absolute Gasteiger partial charge is 0.306 e. The third-order valence-electron chi connectivity index (χ3n) is 7.12. The topological polar surface area (TPSA) is 164 Å². The number of nitrogens with two attached hydrogens (primary N) is 1. The van der Waals surface area contributed by atoms with E-state index in [9.17, 15) is 24.0 Å². The molecule has 1 aliphatic heterocycles. The molecular weight excluding hydrogens is 622 g/mol. The number of fused-ring (bicyclic) bond motifs is 1. The molecule has 2 N–H and O–H groups in total. The Morgan fingerprint density at radius 2 is 1.74 bits per heavy atom. The van der Waals surface area contributed by atoms with E-state index in [1.807, 2.05) is 13.8 Å². The van der Waals surface area contributed by atoms with Crippen LogP contribution in [-0.4, -0.2) is 74.8 Å². The first-order valence-corrected chi connectivity index (χ1v) is 15.0. The van der Waals surface area contributed by atoms with Gasteiger partial charge in [-0.05, 0) is 31.2 Å². The number of carbonyl (C=O) groups excluding carboxylic acids is 5. The number of hydrogen-bond donors (Lipinski definition) is 1. The molecule has 2 aromatic carbocycles. The summed E-state index contributed by atoms with van der Waals surface area (Å²) in [7, 11) is 2.94. The van der Waals surface area contributed by atoms with Crippen LogP contribution in [-0.2, 0) is 38.2 Å². The minimum absolute atomic E-state index is 0.00181. The molecule has 3 rings (SSSR count). The van der Waals surface area contributed by atoms with Crippen LogP contribution in [0.25, 0.3) is 0 Å². The molecule has 13 nitrogen and oxygen atoms in total. The van der Waals surface area contributed by atoms with Crippen molar-refractivity contribution in [2.75, 3.05) is 38.9 Å². The molecular formula is C32H40ClN3O10. The Balaban J connectivity index is 2.09. The van der Waals surface area contributed by atoms with E-state index in [1.54, 1.807) is 43.3 Å². The maximum absolute atomic E-state index is 14.3. The van der Waals surface area contributed by atoms with Crippen LogP contribution in [0, 0.1) is 5.41 Å². The molecule has 1 heterocycles. The second-order valence-electron chi connectivity index (χ2n) is 11.3. The highest BCUT2D eigenvalue weighted by Crippen LogP contribution is 2.45. The van der Waals surface area contributed by atoms with Crippen LogP contribution in [0.2, 0.25) is 5.02 Å². The van der Waals surface area contributed by atoms with Gasteiger partial charge in [0.2, 0.25) is 11.8 Å². The minimum Gasteiger partial charge on any atom is -0.493 e. The zero-order chi connectivity index (χ0) is 34.2. The Morgan fingerprint density at radius 3 is 2.37 bits per heavy atom. The maximum Gasteiger partial charge on any atom is 0.306 e. The molecule has 2 aromatic rings. The van der Waals surface area contributed by atoms with E-state index in [0.29, 0.717) is 38.3 Å². The number of ether oxygens (including phenoxy) is 5. The van der Waals surface area contributed by atoms with Crippen molar-refractivity contribution in [3.63, 3.8) is 0 Å². The normalized spacial score (nSPS) is 16.2. The molecule has 0 bridgehead atoms. The van der Waals surface area contributed by atoms with Gasteiger partial charge in [0.15, 0.2) is 11.5 Å². The molecule has 14 heteroatoms. The van der Waals surface area contributed by atoms with E-state index in [-0.39, 0.29) is 32.6 Å². The van der Waals surface area contributed by atoms with Gasteiger partial charge in [-0.3, -0.25) is 24.0 Å². The highest BCUT2D eigenvalue weighted by atomic mass is 35.5. The molecule has 46 heavy (non-hydrogen) atoms. The number of methoxy groups -OCH3 is 2. The number of benzene rings is 2. The number of carbonyl (C=O) groups is 5.